The number of hydrogen-bond acceptors (Lipinski definition) is 4. The SMILES string of the molecule is CCCCCS(=O)(=O)C(C)C(=O)Nc1ccc(N)cc1Cl. The third-order valence-electron chi connectivity index (χ3n) is 3.19. The number of halogens is 1. The van der Waals surface area contributed by atoms with Gasteiger partial charge in [0, 0.05) is 5.69 Å². The summed E-state index contributed by atoms with van der Waals surface area (Å²) in [4.78, 5) is 12.0. The number of benzene rings is 1. The average molecular weight is 333 g/mol. The van der Waals surface area contributed by atoms with Crippen molar-refractivity contribution in [3.63, 3.8) is 0 Å². The van der Waals surface area contributed by atoms with Crippen molar-refractivity contribution >= 4 is 38.7 Å². The Morgan fingerprint density at radius 1 is 1.38 bits per heavy atom. The molecular weight excluding hydrogens is 312 g/mol. The molecule has 0 aliphatic rings. The molecule has 0 aliphatic heterocycles. The van der Waals surface area contributed by atoms with Crippen LogP contribution in [0.4, 0.5) is 11.4 Å². The first-order chi connectivity index (χ1) is 9.77. The Labute approximate surface area is 130 Å². The van der Waals surface area contributed by atoms with Gasteiger partial charge in [0.05, 0.1) is 16.5 Å². The molecule has 3 N–H and O–H groups in total. The highest BCUT2D eigenvalue weighted by Gasteiger charge is 2.27. The van der Waals surface area contributed by atoms with E-state index in [4.69, 9.17) is 17.3 Å². The van der Waals surface area contributed by atoms with Gasteiger partial charge in [-0.15, -0.1) is 0 Å². The maximum Gasteiger partial charge on any atom is 0.242 e. The number of amides is 1. The molecule has 7 heteroatoms. The quantitative estimate of drug-likeness (QED) is 0.593. The Bertz CT molecular complexity index is 602. The van der Waals surface area contributed by atoms with Crippen LogP contribution in [0.2, 0.25) is 5.02 Å². The molecule has 0 aromatic heterocycles. The number of nitrogens with one attached hydrogen (secondary N) is 1. The largest absolute Gasteiger partial charge is 0.399 e. The van der Waals surface area contributed by atoms with Gasteiger partial charge in [0.1, 0.15) is 5.25 Å². The first-order valence-electron chi connectivity index (χ1n) is 6.85. The van der Waals surface area contributed by atoms with Crippen LogP contribution in [0.1, 0.15) is 33.1 Å². The summed E-state index contributed by atoms with van der Waals surface area (Å²) in [6.45, 7) is 3.38. The second-order valence-corrected chi connectivity index (χ2v) is 7.79. The van der Waals surface area contributed by atoms with E-state index in [1.165, 1.54) is 13.0 Å². The Kier molecular flexibility index (Phi) is 6.48. The highest BCUT2D eigenvalue weighted by atomic mass is 35.5. The molecule has 21 heavy (non-hydrogen) atoms. The van der Waals surface area contributed by atoms with Crippen LogP contribution in [-0.2, 0) is 14.6 Å². The summed E-state index contributed by atoms with van der Waals surface area (Å²) in [6.07, 6.45) is 2.33. The van der Waals surface area contributed by atoms with Gasteiger partial charge in [-0.2, -0.15) is 0 Å². The first kappa shape index (κ1) is 17.8. The Hall–Kier alpha value is -1.27. The topological polar surface area (TPSA) is 89.3 Å². The van der Waals surface area contributed by atoms with Gasteiger partial charge in [0.15, 0.2) is 9.84 Å². The smallest absolute Gasteiger partial charge is 0.242 e. The lowest BCUT2D eigenvalue weighted by Gasteiger charge is -2.14. The summed E-state index contributed by atoms with van der Waals surface area (Å²) in [5.41, 5.74) is 6.39. The van der Waals surface area contributed by atoms with E-state index in [0.29, 0.717) is 17.8 Å². The van der Waals surface area contributed by atoms with E-state index in [0.717, 1.165) is 12.8 Å². The van der Waals surface area contributed by atoms with Crippen molar-refractivity contribution in [3.05, 3.63) is 23.2 Å². The number of anilines is 2. The minimum absolute atomic E-state index is 0.0187. The van der Waals surface area contributed by atoms with Gasteiger partial charge >= 0.3 is 0 Å². The fourth-order valence-electron chi connectivity index (χ4n) is 1.76. The van der Waals surface area contributed by atoms with Gasteiger partial charge in [0.25, 0.3) is 0 Å². The van der Waals surface area contributed by atoms with E-state index in [9.17, 15) is 13.2 Å². The fourth-order valence-corrected chi connectivity index (χ4v) is 3.34. The highest BCUT2D eigenvalue weighted by molar-refractivity contribution is 7.92. The molecule has 0 spiro atoms. The summed E-state index contributed by atoms with van der Waals surface area (Å²) in [5.74, 6) is -0.566. The van der Waals surface area contributed by atoms with Gasteiger partial charge in [-0.3, -0.25) is 4.79 Å². The zero-order chi connectivity index (χ0) is 16.0. The Morgan fingerprint density at radius 2 is 2.05 bits per heavy atom. The predicted octanol–water partition coefficient (Wildman–Crippen LogP) is 2.85. The molecule has 0 fully saturated rings. The summed E-state index contributed by atoms with van der Waals surface area (Å²) >= 11 is 5.95. The lowest BCUT2D eigenvalue weighted by Crippen LogP contribution is -2.34. The zero-order valence-corrected chi connectivity index (χ0v) is 13.8. The summed E-state index contributed by atoms with van der Waals surface area (Å²) in [6, 6.07) is 4.63. The van der Waals surface area contributed by atoms with Crippen molar-refractivity contribution in [3.8, 4) is 0 Å². The molecule has 1 unspecified atom stereocenters. The number of carbonyl (C=O) groups excluding carboxylic acids is 1. The number of unbranched alkanes of at least 4 members (excludes halogenated alkanes) is 2. The molecule has 0 heterocycles. The molecule has 118 valence electrons. The molecule has 0 saturated carbocycles. The Morgan fingerprint density at radius 3 is 2.62 bits per heavy atom. The van der Waals surface area contributed by atoms with Gasteiger partial charge in [-0.25, -0.2) is 8.42 Å². The number of carbonyl (C=O) groups is 1. The molecule has 0 radical (unpaired) electrons. The van der Waals surface area contributed by atoms with Gasteiger partial charge in [-0.1, -0.05) is 31.4 Å². The van der Waals surface area contributed by atoms with Gasteiger partial charge in [0.2, 0.25) is 5.91 Å². The maximum atomic E-state index is 12.1. The molecule has 1 aromatic rings. The Balaban J connectivity index is 2.74. The van der Waals surface area contributed by atoms with Crippen molar-refractivity contribution in [1.82, 2.24) is 0 Å². The van der Waals surface area contributed by atoms with E-state index in [1.54, 1.807) is 12.1 Å². The minimum Gasteiger partial charge on any atom is -0.399 e. The van der Waals surface area contributed by atoms with Crippen LogP contribution in [0, 0.1) is 0 Å². The van der Waals surface area contributed by atoms with Crippen LogP contribution in [0.25, 0.3) is 0 Å². The summed E-state index contributed by atoms with van der Waals surface area (Å²) in [7, 11) is -3.45. The van der Waals surface area contributed by atoms with E-state index in [-0.39, 0.29) is 10.8 Å². The summed E-state index contributed by atoms with van der Waals surface area (Å²) in [5, 5.41) is 1.70. The van der Waals surface area contributed by atoms with Crippen LogP contribution < -0.4 is 11.1 Å². The standard InChI is InChI=1S/C14H21ClN2O3S/c1-3-4-5-8-21(19,20)10(2)14(18)17-13-7-6-11(16)9-12(13)15/h6-7,9-10H,3-5,8,16H2,1-2H3,(H,17,18). The maximum absolute atomic E-state index is 12.1. The number of nitrogens with two attached hydrogens (primary N) is 1. The van der Waals surface area contributed by atoms with Crippen molar-refractivity contribution < 1.29 is 13.2 Å². The second-order valence-electron chi connectivity index (χ2n) is 4.94. The lowest BCUT2D eigenvalue weighted by atomic mass is 10.2. The van der Waals surface area contributed by atoms with Crippen molar-refractivity contribution in [2.75, 3.05) is 16.8 Å². The third kappa shape index (κ3) is 5.21. The van der Waals surface area contributed by atoms with Crippen LogP contribution >= 0.6 is 11.6 Å². The average Bonchev–Trinajstić information content (AvgIpc) is 2.41. The van der Waals surface area contributed by atoms with Crippen LogP contribution in [0.5, 0.6) is 0 Å². The van der Waals surface area contributed by atoms with Gasteiger partial charge < -0.3 is 11.1 Å². The third-order valence-corrected chi connectivity index (χ3v) is 5.65. The second kappa shape index (κ2) is 7.66. The minimum atomic E-state index is -3.45. The van der Waals surface area contributed by atoms with E-state index < -0.39 is 21.0 Å². The van der Waals surface area contributed by atoms with E-state index in [2.05, 4.69) is 5.32 Å². The van der Waals surface area contributed by atoms with Gasteiger partial charge in [-0.05, 0) is 31.5 Å². The van der Waals surface area contributed by atoms with E-state index >= 15 is 0 Å². The van der Waals surface area contributed by atoms with Crippen molar-refractivity contribution in [2.45, 2.75) is 38.4 Å². The molecule has 0 saturated heterocycles. The number of rotatable bonds is 7. The molecule has 1 aromatic carbocycles. The van der Waals surface area contributed by atoms with Crippen molar-refractivity contribution in [2.24, 2.45) is 0 Å². The molecule has 0 aliphatic carbocycles. The molecule has 1 rings (SSSR count). The number of hydrogen-bond donors (Lipinski definition) is 2. The molecule has 1 amide bonds. The predicted molar refractivity (Wildman–Crippen MR) is 87.3 cm³/mol. The summed E-state index contributed by atoms with van der Waals surface area (Å²) < 4.78 is 24.1. The first-order valence-corrected chi connectivity index (χ1v) is 8.94. The molecule has 1 atom stereocenters. The number of sulfone groups is 1. The number of nitrogen functional groups attached to an aromatic ring is 1. The fraction of sp³-hybridized carbons (Fsp3) is 0.500. The van der Waals surface area contributed by atoms with Crippen molar-refractivity contribution in [1.29, 1.82) is 0 Å². The molecule has 5 nitrogen and oxygen atoms in total. The normalized spacial score (nSPS) is 12.9. The van der Waals surface area contributed by atoms with Crippen LogP contribution in [0.3, 0.4) is 0 Å². The lowest BCUT2D eigenvalue weighted by molar-refractivity contribution is -0.115. The zero-order valence-electron chi connectivity index (χ0n) is 12.2. The monoisotopic (exact) mass is 332 g/mol. The molecular formula is C14H21ClN2O3S. The molecule has 0 bridgehead atoms. The highest BCUT2D eigenvalue weighted by Crippen LogP contribution is 2.24. The van der Waals surface area contributed by atoms with E-state index in [1.807, 2.05) is 6.92 Å². The van der Waals surface area contributed by atoms with Crippen LogP contribution in [-0.4, -0.2) is 25.3 Å². The van der Waals surface area contributed by atoms with Crippen LogP contribution in [0.15, 0.2) is 18.2 Å².